The van der Waals surface area contributed by atoms with Crippen LogP contribution in [0.15, 0.2) is 91.0 Å². The number of aliphatic hydroxyl groups excluding tert-OH is 1. The molecule has 0 aromatic heterocycles. The van der Waals surface area contributed by atoms with Crippen molar-refractivity contribution in [1.29, 1.82) is 0 Å². The Morgan fingerprint density at radius 2 is 1.22 bits per heavy atom. The molecule has 2 N–H and O–H groups in total. The summed E-state index contributed by atoms with van der Waals surface area (Å²) in [5, 5.41) is 14.0. The molecule has 4 rings (SSSR count). The van der Waals surface area contributed by atoms with Gasteiger partial charge in [-0.05, 0) is 23.1 Å². The number of nitrogens with one attached hydrogen (secondary N) is 1. The van der Waals surface area contributed by atoms with Gasteiger partial charge in [0.2, 0.25) is 0 Å². The van der Waals surface area contributed by atoms with Crippen LogP contribution in [0.3, 0.4) is 0 Å². The van der Waals surface area contributed by atoms with E-state index in [2.05, 4.69) is 78.1 Å². The van der Waals surface area contributed by atoms with Gasteiger partial charge in [-0.1, -0.05) is 91.0 Å². The van der Waals surface area contributed by atoms with Gasteiger partial charge in [0.15, 0.2) is 0 Å². The van der Waals surface area contributed by atoms with Gasteiger partial charge in [-0.25, -0.2) is 0 Å². The molecular formula is C24H25NO2. The molecule has 2 unspecified atom stereocenters. The van der Waals surface area contributed by atoms with Gasteiger partial charge in [-0.3, -0.25) is 5.32 Å². The smallest absolute Gasteiger partial charge is 0.0959 e. The van der Waals surface area contributed by atoms with Gasteiger partial charge in [-0.15, -0.1) is 0 Å². The molecule has 0 radical (unpaired) electrons. The largest absolute Gasteiger partial charge is 0.390 e. The van der Waals surface area contributed by atoms with E-state index >= 15 is 0 Å². The Hall–Kier alpha value is -2.46. The molecule has 0 aliphatic carbocycles. The van der Waals surface area contributed by atoms with Gasteiger partial charge >= 0.3 is 0 Å². The van der Waals surface area contributed by atoms with Gasteiger partial charge in [-0.2, -0.15) is 0 Å². The molecule has 3 aromatic rings. The van der Waals surface area contributed by atoms with Crippen LogP contribution in [-0.4, -0.2) is 30.5 Å². The van der Waals surface area contributed by atoms with Crippen LogP contribution in [0.4, 0.5) is 0 Å². The summed E-state index contributed by atoms with van der Waals surface area (Å²) >= 11 is 0. The first kappa shape index (κ1) is 17.9. The zero-order valence-electron chi connectivity index (χ0n) is 15.3. The highest BCUT2D eigenvalue weighted by molar-refractivity contribution is 5.49. The maximum absolute atomic E-state index is 10.2. The maximum Gasteiger partial charge on any atom is 0.0959 e. The predicted molar refractivity (Wildman–Crippen MR) is 108 cm³/mol. The minimum absolute atomic E-state index is 0.194. The lowest BCUT2D eigenvalue weighted by atomic mass is 9.77. The number of hydrogen-bond acceptors (Lipinski definition) is 3. The van der Waals surface area contributed by atoms with Crippen molar-refractivity contribution in [2.75, 3.05) is 13.2 Å². The summed E-state index contributed by atoms with van der Waals surface area (Å²) in [7, 11) is 0. The van der Waals surface area contributed by atoms with E-state index in [9.17, 15) is 5.11 Å². The number of ether oxygens (including phenoxy) is 1. The lowest BCUT2D eigenvalue weighted by Gasteiger charge is -2.38. The highest BCUT2D eigenvalue weighted by atomic mass is 16.5. The third-order valence-corrected chi connectivity index (χ3v) is 5.36. The van der Waals surface area contributed by atoms with E-state index in [1.807, 2.05) is 18.2 Å². The Labute approximate surface area is 160 Å². The van der Waals surface area contributed by atoms with Crippen molar-refractivity contribution in [3.63, 3.8) is 0 Å². The predicted octanol–water partition coefficient (Wildman–Crippen LogP) is 3.72. The second-order valence-corrected chi connectivity index (χ2v) is 6.99. The van der Waals surface area contributed by atoms with E-state index < -0.39 is 11.6 Å². The molecule has 3 nitrogen and oxygen atoms in total. The van der Waals surface area contributed by atoms with Crippen molar-refractivity contribution in [3.8, 4) is 0 Å². The number of hydrogen-bond donors (Lipinski definition) is 2. The van der Waals surface area contributed by atoms with Crippen LogP contribution in [0.25, 0.3) is 0 Å². The average molecular weight is 359 g/mol. The molecule has 3 heteroatoms. The topological polar surface area (TPSA) is 41.5 Å². The van der Waals surface area contributed by atoms with Crippen LogP contribution in [0.2, 0.25) is 0 Å². The van der Waals surface area contributed by atoms with Crippen molar-refractivity contribution in [2.45, 2.75) is 24.2 Å². The van der Waals surface area contributed by atoms with Crippen LogP contribution in [0.5, 0.6) is 0 Å². The minimum atomic E-state index is -0.518. The number of rotatable bonds is 6. The van der Waals surface area contributed by atoms with Crippen molar-refractivity contribution >= 4 is 0 Å². The highest BCUT2D eigenvalue weighted by Crippen LogP contribution is 2.37. The molecule has 2 atom stereocenters. The third-order valence-electron chi connectivity index (χ3n) is 5.36. The normalized spacial score (nSPS) is 19.9. The Morgan fingerprint density at radius 1 is 0.778 bits per heavy atom. The quantitative estimate of drug-likeness (QED) is 0.659. The van der Waals surface area contributed by atoms with Gasteiger partial charge in [0, 0.05) is 13.2 Å². The van der Waals surface area contributed by atoms with Crippen molar-refractivity contribution in [2.24, 2.45) is 0 Å². The molecule has 1 aliphatic rings. The molecule has 1 heterocycles. The molecule has 3 aromatic carbocycles. The molecule has 0 spiro atoms. The van der Waals surface area contributed by atoms with E-state index in [1.54, 1.807) is 0 Å². The molecule has 0 bridgehead atoms. The van der Waals surface area contributed by atoms with E-state index in [0.29, 0.717) is 19.6 Å². The summed E-state index contributed by atoms with van der Waals surface area (Å²) in [5.41, 5.74) is 2.97. The Bertz CT molecular complexity index is 739. The van der Waals surface area contributed by atoms with Crippen molar-refractivity contribution in [3.05, 3.63) is 108 Å². The molecule has 138 valence electrons. The zero-order chi connectivity index (χ0) is 18.5. The minimum Gasteiger partial charge on any atom is -0.390 e. The molecular weight excluding hydrogens is 334 g/mol. The summed E-state index contributed by atoms with van der Waals surface area (Å²) in [6.07, 6.45) is 0.0829. The highest BCUT2D eigenvalue weighted by Gasteiger charge is 2.37. The van der Waals surface area contributed by atoms with E-state index in [-0.39, 0.29) is 6.10 Å². The molecule has 0 amide bonds. The van der Waals surface area contributed by atoms with Crippen molar-refractivity contribution < 1.29 is 9.84 Å². The van der Waals surface area contributed by atoms with Gasteiger partial charge in [0.05, 0.1) is 17.7 Å². The fraction of sp³-hybridized carbons (Fsp3) is 0.250. The lowest BCUT2D eigenvalue weighted by Crippen LogP contribution is -2.49. The first-order chi connectivity index (χ1) is 13.3. The summed E-state index contributed by atoms with van der Waals surface area (Å²) in [6, 6.07) is 31.4. The Kier molecular flexibility index (Phi) is 5.35. The number of aliphatic hydroxyl groups is 1. The fourth-order valence-corrected chi connectivity index (χ4v) is 3.96. The maximum atomic E-state index is 10.2. The molecule has 0 saturated carbocycles. The second-order valence-electron chi connectivity index (χ2n) is 6.99. The zero-order valence-corrected chi connectivity index (χ0v) is 15.3. The Balaban J connectivity index is 1.84. The SMILES string of the molecule is OC1CCOC1CNC(c1ccccc1)(c1ccccc1)c1ccccc1. The summed E-state index contributed by atoms with van der Waals surface area (Å²) < 4.78 is 5.76. The van der Waals surface area contributed by atoms with E-state index in [4.69, 9.17) is 4.74 Å². The summed E-state index contributed by atoms with van der Waals surface area (Å²) in [4.78, 5) is 0. The summed E-state index contributed by atoms with van der Waals surface area (Å²) in [5.74, 6) is 0. The van der Waals surface area contributed by atoms with Crippen LogP contribution in [-0.2, 0) is 10.3 Å². The van der Waals surface area contributed by atoms with Crippen LogP contribution >= 0.6 is 0 Å². The first-order valence-corrected chi connectivity index (χ1v) is 9.52. The lowest BCUT2D eigenvalue weighted by molar-refractivity contribution is 0.0395. The molecule has 1 fully saturated rings. The molecule has 1 saturated heterocycles. The average Bonchev–Trinajstić information content (AvgIpc) is 3.16. The van der Waals surface area contributed by atoms with Gasteiger partial charge in [0.1, 0.15) is 0 Å². The Morgan fingerprint density at radius 3 is 1.59 bits per heavy atom. The standard InChI is InChI=1S/C24H25NO2/c26-22-16-17-27-23(22)18-25-24(19-10-4-1-5-11-19,20-12-6-2-7-13-20)21-14-8-3-9-15-21/h1-15,22-23,25-26H,16-18H2. The number of benzene rings is 3. The second kappa shape index (κ2) is 8.05. The van der Waals surface area contributed by atoms with Crippen LogP contribution in [0, 0.1) is 0 Å². The van der Waals surface area contributed by atoms with Crippen LogP contribution in [0.1, 0.15) is 23.1 Å². The van der Waals surface area contributed by atoms with Gasteiger partial charge < -0.3 is 9.84 Å². The van der Waals surface area contributed by atoms with Gasteiger partial charge in [0.25, 0.3) is 0 Å². The van der Waals surface area contributed by atoms with E-state index in [0.717, 1.165) is 16.7 Å². The first-order valence-electron chi connectivity index (χ1n) is 9.52. The van der Waals surface area contributed by atoms with E-state index in [1.165, 1.54) is 0 Å². The summed E-state index contributed by atoms with van der Waals surface area (Å²) in [6.45, 7) is 1.18. The monoisotopic (exact) mass is 359 g/mol. The fourth-order valence-electron chi connectivity index (χ4n) is 3.96. The molecule has 1 aliphatic heterocycles. The molecule has 27 heavy (non-hydrogen) atoms. The van der Waals surface area contributed by atoms with Crippen molar-refractivity contribution in [1.82, 2.24) is 5.32 Å². The third kappa shape index (κ3) is 3.54. The van der Waals surface area contributed by atoms with Crippen LogP contribution < -0.4 is 5.32 Å².